The number of ether oxygens (including phenoxy) is 1. The molecule has 0 radical (unpaired) electrons. The Bertz CT molecular complexity index is 1490. The van der Waals surface area contributed by atoms with Gasteiger partial charge in [0, 0.05) is 20.8 Å². The third-order valence-corrected chi connectivity index (χ3v) is 8.14. The second-order valence-corrected chi connectivity index (χ2v) is 10.5. The lowest BCUT2D eigenvalue weighted by Gasteiger charge is -2.10. The van der Waals surface area contributed by atoms with Crippen LogP contribution in [0.2, 0.25) is 5.02 Å². The molecular formula is C24H21ClN4O4S2. The van der Waals surface area contributed by atoms with Crippen molar-refractivity contribution in [3.05, 3.63) is 61.0 Å². The van der Waals surface area contributed by atoms with Gasteiger partial charge in [-0.15, -0.1) is 27.8 Å². The fourth-order valence-corrected chi connectivity index (χ4v) is 6.51. The van der Waals surface area contributed by atoms with Crippen molar-refractivity contribution in [3.63, 3.8) is 0 Å². The third kappa shape index (κ3) is 4.61. The van der Waals surface area contributed by atoms with Crippen LogP contribution in [-0.2, 0) is 28.9 Å². The van der Waals surface area contributed by atoms with E-state index >= 15 is 0 Å². The number of aromatic nitrogens is 3. The first kappa shape index (κ1) is 23.7. The van der Waals surface area contributed by atoms with Crippen LogP contribution in [0.3, 0.4) is 0 Å². The fraction of sp³-hybridized carbons (Fsp3) is 0.292. The van der Waals surface area contributed by atoms with E-state index in [0.29, 0.717) is 25.8 Å². The molecule has 1 aliphatic rings. The van der Waals surface area contributed by atoms with Gasteiger partial charge in [0.25, 0.3) is 5.56 Å². The largest absolute Gasteiger partial charge is 0.462 e. The lowest BCUT2D eigenvalue weighted by Crippen LogP contribution is -2.30. The summed E-state index contributed by atoms with van der Waals surface area (Å²) in [5.41, 5.74) is 2.38. The minimum atomic E-state index is -0.544. The summed E-state index contributed by atoms with van der Waals surface area (Å²) in [6.07, 6.45) is 3.92. The van der Waals surface area contributed by atoms with Crippen molar-refractivity contribution < 1.29 is 14.3 Å². The maximum atomic E-state index is 13.1. The van der Waals surface area contributed by atoms with Crippen LogP contribution < -0.4 is 10.9 Å². The zero-order valence-electron chi connectivity index (χ0n) is 18.8. The zero-order chi connectivity index (χ0) is 24.5. The van der Waals surface area contributed by atoms with Gasteiger partial charge in [0.15, 0.2) is 4.83 Å². The van der Waals surface area contributed by atoms with E-state index in [2.05, 4.69) is 15.6 Å². The first-order valence-corrected chi connectivity index (χ1v) is 13.3. The maximum absolute atomic E-state index is 13.1. The molecule has 1 aromatic carbocycles. The van der Waals surface area contributed by atoms with E-state index in [1.54, 1.807) is 36.6 Å². The summed E-state index contributed by atoms with van der Waals surface area (Å²) in [6.45, 7) is 1.59. The van der Waals surface area contributed by atoms with Crippen LogP contribution >= 0.6 is 34.3 Å². The highest BCUT2D eigenvalue weighted by molar-refractivity contribution is 7.18. The van der Waals surface area contributed by atoms with Gasteiger partial charge in [0.05, 0.1) is 12.0 Å². The van der Waals surface area contributed by atoms with Gasteiger partial charge in [0.1, 0.15) is 17.1 Å². The predicted molar refractivity (Wildman–Crippen MR) is 138 cm³/mol. The number of halogens is 1. The molecule has 1 N–H and O–H groups in total. The van der Waals surface area contributed by atoms with Gasteiger partial charge >= 0.3 is 5.97 Å². The Morgan fingerprint density at radius 3 is 2.74 bits per heavy atom. The van der Waals surface area contributed by atoms with E-state index in [0.717, 1.165) is 41.5 Å². The van der Waals surface area contributed by atoms with Crippen LogP contribution in [0, 0.1) is 0 Å². The number of amides is 1. The second kappa shape index (κ2) is 9.88. The number of rotatable bonds is 6. The quantitative estimate of drug-likeness (QED) is 0.356. The molecule has 0 unspecified atom stereocenters. The standard InChI is InChI=1S/C24H21ClN4O4S2/c1-2-33-24(32)20-16(13-7-9-14(25)10-8-13)12-34-21(20)26-18(30)11-29-23(31)19-15-5-3-4-6-17(15)35-22(19)27-28-29/h7-10,12H,2-6,11H2,1H3,(H,26,30). The molecule has 8 nitrogen and oxygen atoms in total. The zero-order valence-corrected chi connectivity index (χ0v) is 21.2. The number of esters is 1. The Balaban J connectivity index is 1.43. The van der Waals surface area contributed by atoms with Crippen LogP contribution in [0.4, 0.5) is 5.00 Å². The molecule has 0 fully saturated rings. The van der Waals surface area contributed by atoms with Crippen molar-refractivity contribution in [2.24, 2.45) is 0 Å². The molecule has 35 heavy (non-hydrogen) atoms. The number of benzene rings is 1. The Morgan fingerprint density at radius 2 is 1.97 bits per heavy atom. The van der Waals surface area contributed by atoms with Crippen molar-refractivity contribution in [2.45, 2.75) is 39.2 Å². The number of anilines is 1. The monoisotopic (exact) mass is 528 g/mol. The average molecular weight is 529 g/mol. The van der Waals surface area contributed by atoms with E-state index in [1.165, 1.54) is 27.6 Å². The van der Waals surface area contributed by atoms with Crippen LogP contribution in [-0.4, -0.2) is 33.5 Å². The van der Waals surface area contributed by atoms with E-state index < -0.39 is 11.9 Å². The summed E-state index contributed by atoms with van der Waals surface area (Å²) in [5.74, 6) is -1.03. The number of hydrogen-bond acceptors (Lipinski definition) is 8. The van der Waals surface area contributed by atoms with Gasteiger partial charge in [0.2, 0.25) is 5.91 Å². The van der Waals surface area contributed by atoms with Gasteiger partial charge in [-0.25, -0.2) is 9.48 Å². The van der Waals surface area contributed by atoms with E-state index in [4.69, 9.17) is 16.3 Å². The normalized spacial score (nSPS) is 13.0. The van der Waals surface area contributed by atoms with Crippen molar-refractivity contribution in [2.75, 3.05) is 11.9 Å². The van der Waals surface area contributed by atoms with Crippen LogP contribution in [0.25, 0.3) is 21.3 Å². The fourth-order valence-electron chi connectivity index (χ4n) is 4.21. The Kier molecular flexibility index (Phi) is 6.68. The summed E-state index contributed by atoms with van der Waals surface area (Å²) >= 11 is 8.72. The van der Waals surface area contributed by atoms with Gasteiger partial charge in [-0.2, -0.15) is 0 Å². The molecule has 180 valence electrons. The summed E-state index contributed by atoms with van der Waals surface area (Å²) in [4.78, 5) is 40.6. The van der Waals surface area contributed by atoms with Gasteiger partial charge < -0.3 is 10.1 Å². The van der Waals surface area contributed by atoms with Crippen molar-refractivity contribution in [1.82, 2.24) is 15.0 Å². The summed E-state index contributed by atoms with van der Waals surface area (Å²) in [7, 11) is 0. The summed E-state index contributed by atoms with van der Waals surface area (Å²) in [6, 6.07) is 7.05. The highest BCUT2D eigenvalue weighted by Gasteiger charge is 2.24. The molecule has 1 amide bonds. The van der Waals surface area contributed by atoms with Crippen LogP contribution in [0.5, 0.6) is 0 Å². The number of nitrogens with one attached hydrogen (secondary N) is 1. The maximum Gasteiger partial charge on any atom is 0.341 e. The molecule has 0 saturated carbocycles. The smallest absolute Gasteiger partial charge is 0.341 e. The minimum Gasteiger partial charge on any atom is -0.462 e. The molecule has 3 heterocycles. The lowest BCUT2D eigenvalue weighted by atomic mass is 9.97. The average Bonchev–Trinajstić information content (AvgIpc) is 3.43. The minimum absolute atomic E-state index is 0.193. The molecule has 11 heteroatoms. The van der Waals surface area contributed by atoms with Crippen molar-refractivity contribution >= 4 is 61.4 Å². The van der Waals surface area contributed by atoms with Crippen LogP contribution in [0.15, 0.2) is 34.4 Å². The predicted octanol–water partition coefficient (Wildman–Crippen LogP) is 4.93. The molecular weight excluding hydrogens is 508 g/mol. The Morgan fingerprint density at radius 1 is 1.20 bits per heavy atom. The molecule has 0 bridgehead atoms. The van der Waals surface area contributed by atoms with Gasteiger partial charge in [-0.1, -0.05) is 28.9 Å². The number of thiophene rings is 2. The number of hydrogen-bond donors (Lipinski definition) is 1. The number of carbonyl (C=O) groups is 2. The summed E-state index contributed by atoms with van der Waals surface area (Å²) < 4.78 is 6.32. The molecule has 0 aliphatic heterocycles. The summed E-state index contributed by atoms with van der Waals surface area (Å²) in [5, 5.41) is 14.2. The topological polar surface area (TPSA) is 103 Å². The van der Waals surface area contributed by atoms with E-state index in [-0.39, 0.29) is 24.3 Å². The number of fused-ring (bicyclic) bond motifs is 3. The first-order chi connectivity index (χ1) is 17.0. The lowest BCUT2D eigenvalue weighted by molar-refractivity contribution is -0.117. The highest BCUT2D eigenvalue weighted by atomic mass is 35.5. The molecule has 3 aromatic heterocycles. The van der Waals surface area contributed by atoms with Crippen molar-refractivity contribution in [1.29, 1.82) is 0 Å². The van der Waals surface area contributed by atoms with E-state index in [9.17, 15) is 14.4 Å². The number of carbonyl (C=O) groups excluding carboxylic acids is 2. The van der Waals surface area contributed by atoms with E-state index in [1.807, 2.05) is 0 Å². The Labute approximate surface area is 213 Å². The molecule has 0 atom stereocenters. The van der Waals surface area contributed by atoms with Gasteiger partial charge in [-0.05, 0) is 55.9 Å². The molecule has 5 rings (SSSR count). The number of nitrogens with zero attached hydrogens (tertiary/aromatic N) is 3. The van der Waals surface area contributed by atoms with Gasteiger partial charge in [-0.3, -0.25) is 9.59 Å². The molecule has 4 aromatic rings. The highest BCUT2D eigenvalue weighted by Crippen LogP contribution is 2.37. The SMILES string of the molecule is CCOC(=O)c1c(-c2ccc(Cl)cc2)csc1NC(=O)Cn1nnc2sc3c(c2c1=O)CCCC3. The first-order valence-electron chi connectivity index (χ1n) is 11.2. The van der Waals surface area contributed by atoms with Crippen molar-refractivity contribution in [3.8, 4) is 11.1 Å². The Hall–Kier alpha value is -3.08. The molecule has 1 aliphatic carbocycles. The second-order valence-electron chi connectivity index (χ2n) is 8.07. The molecule has 0 saturated heterocycles. The number of aryl methyl sites for hydroxylation is 2. The van der Waals surface area contributed by atoms with Crippen LogP contribution in [0.1, 0.15) is 40.6 Å². The molecule has 0 spiro atoms. The third-order valence-electron chi connectivity index (χ3n) is 5.82.